The van der Waals surface area contributed by atoms with Gasteiger partial charge in [0, 0.05) is 31.5 Å². The molecule has 0 radical (unpaired) electrons. The number of pyridine rings is 1. The number of amides is 1. The predicted molar refractivity (Wildman–Crippen MR) is 75.1 cm³/mol. The van der Waals surface area contributed by atoms with Crippen molar-refractivity contribution < 1.29 is 9.53 Å². The van der Waals surface area contributed by atoms with Crippen molar-refractivity contribution in [2.75, 3.05) is 13.2 Å². The number of nitrogens with zero attached hydrogens (tertiary/aromatic N) is 3. The van der Waals surface area contributed by atoms with Crippen LogP contribution in [0.5, 0.6) is 0 Å². The Bertz CT molecular complexity index is 509. The van der Waals surface area contributed by atoms with Gasteiger partial charge in [0.15, 0.2) is 0 Å². The third-order valence-corrected chi connectivity index (χ3v) is 4.07. The van der Waals surface area contributed by atoms with E-state index in [1.807, 2.05) is 19.1 Å². The van der Waals surface area contributed by atoms with Crippen molar-refractivity contribution in [1.29, 1.82) is 0 Å². The number of hydrazone groups is 1. The van der Waals surface area contributed by atoms with E-state index >= 15 is 0 Å². The molecule has 0 saturated carbocycles. The maximum absolute atomic E-state index is 12.2. The topological polar surface area (TPSA) is 54.8 Å². The van der Waals surface area contributed by atoms with E-state index in [9.17, 15) is 4.79 Å². The molecule has 1 unspecified atom stereocenters. The number of hydrogen-bond acceptors (Lipinski definition) is 4. The summed E-state index contributed by atoms with van der Waals surface area (Å²) in [5, 5.41) is 6.22. The highest BCUT2D eigenvalue weighted by Gasteiger charge is 2.32. The Kier molecular flexibility index (Phi) is 3.78. The van der Waals surface area contributed by atoms with Gasteiger partial charge >= 0.3 is 0 Å². The molecule has 0 aromatic carbocycles. The Morgan fingerprint density at radius 1 is 1.30 bits per heavy atom. The summed E-state index contributed by atoms with van der Waals surface area (Å²) in [6.45, 7) is 3.55. The average molecular weight is 273 g/mol. The summed E-state index contributed by atoms with van der Waals surface area (Å²) in [6, 6.07) is 3.82. The van der Waals surface area contributed by atoms with Crippen LogP contribution in [0.1, 0.15) is 37.8 Å². The molecule has 3 rings (SSSR count). The lowest BCUT2D eigenvalue weighted by Crippen LogP contribution is -2.24. The molecule has 1 fully saturated rings. The first kappa shape index (κ1) is 13.2. The SMILES string of the molecule is CC(c1ccncc1)N1N=C(C2CCOCC2)CC1=O. The highest BCUT2D eigenvalue weighted by molar-refractivity contribution is 6.06. The van der Waals surface area contributed by atoms with Gasteiger partial charge in [-0.25, -0.2) is 5.01 Å². The number of hydrogen-bond donors (Lipinski definition) is 0. The van der Waals surface area contributed by atoms with Crippen LogP contribution in [0.25, 0.3) is 0 Å². The number of ether oxygens (including phenoxy) is 1. The molecule has 0 bridgehead atoms. The van der Waals surface area contributed by atoms with E-state index in [0.717, 1.165) is 37.3 Å². The van der Waals surface area contributed by atoms with E-state index in [2.05, 4.69) is 10.1 Å². The summed E-state index contributed by atoms with van der Waals surface area (Å²) < 4.78 is 5.37. The maximum Gasteiger partial charge on any atom is 0.248 e. The minimum absolute atomic E-state index is 0.0390. The van der Waals surface area contributed by atoms with Gasteiger partial charge in [0.1, 0.15) is 0 Å². The molecule has 1 saturated heterocycles. The first-order valence-electron chi connectivity index (χ1n) is 7.13. The van der Waals surface area contributed by atoms with Crippen LogP contribution in [0.4, 0.5) is 0 Å². The Labute approximate surface area is 118 Å². The van der Waals surface area contributed by atoms with Crippen LogP contribution in [-0.4, -0.2) is 34.8 Å². The molecule has 1 aromatic heterocycles. The van der Waals surface area contributed by atoms with E-state index < -0.39 is 0 Å². The number of carbonyl (C=O) groups excluding carboxylic acids is 1. The van der Waals surface area contributed by atoms with Crippen LogP contribution in [0.2, 0.25) is 0 Å². The zero-order valence-corrected chi connectivity index (χ0v) is 11.7. The van der Waals surface area contributed by atoms with Crippen molar-refractivity contribution in [3.8, 4) is 0 Å². The number of rotatable bonds is 3. The third kappa shape index (κ3) is 2.58. The quantitative estimate of drug-likeness (QED) is 0.848. The minimum atomic E-state index is -0.0390. The van der Waals surface area contributed by atoms with Gasteiger partial charge < -0.3 is 4.74 Å². The first-order chi connectivity index (χ1) is 9.75. The van der Waals surface area contributed by atoms with Crippen LogP contribution in [0.15, 0.2) is 29.6 Å². The van der Waals surface area contributed by atoms with Gasteiger partial charge in [-0.15, -0.1) is 0 Å². The van der Waals surface area contributed by atoms with Gasteiger partial charge in [0.2, 0.25) is 5.91 Å². The second-order valence-corrected chi connectivity index (χ2v) is 5.35. The van der Waals surface area contributed by atoms with Crippen molar-refractivity contribution >= 4 is 11.6 Å². The van der Waals surface area contributed by atoms with Crippen molar-refractivity contribution in [1.82, 2.24) is 9.99 Å². The molecule has 1 atom stereocenters. The lowest BCUT2D eigenvalue weighted by Gasteiger charge is -2.22. The monoisotopic (exact) mass is 273 g/mol. The highest BCUT2D eigenvalue weighted by Crippen LogP contribution is 2.28. The largest absolute Gasteiger partial charge is 0.381 e. The zero-order valence-electron chi connectivity index (χ0n) is 11.7. The fourth-order valence-electron chi connectivity index (χ4n) is 2.81. The van der Waals surface area contributed by atoms with Gasteiger partial charge in [-0.3, -0.25) is 9.78 Å². The third-order valence-electron chi connectivity index (χ3n) is 4.07. The Hall–Kier alpha value is -1.75. The summed E-state index contributed by atoms with van der Waals surface area (Å²) in [4.78, 5) is 16.2. The fraction of sp³-hybridized carbons (Fsp3) is 0.533. The van der Waals surface area contributed by atoms with Gasteiger partial charge in [-0.2, -0.15) is 5.10 Å². The average Bonchev–Trinajstić information content (AvgIpc) is 2.90. The molecule has 5 heteroatoms. The molecule has 106 valence electrons. The first-order valence-corrected chi connectivity index (χ1v) is 7.13. The van der Waals surface area contributed by atoms with Crippen molar-refractivity contribution in [2.24, 2.45) is 11.0 Å². The Balaban J connectivity index is 1.76. The van der Waals surface area contributed by atoms with Crippen molar-refractivity contribution in [3.05, 3.63) is 30.1 Å². The van der Waals surface area contributed by atoms with E-state index in [1.165, 1.54) is 0 Å². The zero-order chi connectivity index (χ0) is 13.9. The molecule has 2 aliphatic rings. The molecule has 3 heterocycles. The highest BCUT2D eigenvalue weighted by atomic mass is 16.5. The van der Waals surface area contributed by atoms with Crippen LogP contribution >= 0.6 is 0 Å². The predicted octanol–water partition coefficient (Wildman–Crippen LogP) is 2.16. The molecule has 2 aliphatic heterocycles. The van der Waals surface area contributed by atoms with Crippen LogP contribution in [0.3, 0.4) is 0 Å². The molecule has 0 spiro atoms. The normalized spacial score (nSPS) is 21.9. The molecule has 1 aromatic rings. The van der Waals surface area contributed by atoms with E-state index in [0.29, 0.717) is 12.3 Å². The molecule has 20 heavy (non-hydrogen) atoms. The smallest absolute Gasteiger partial charge is 0.248 e. The summed E-state index contributed by atoms with van der Waals surface area (Å²) in [6.07, 6.45) is 5.90. The maximum atomic E-state index is 12.2. The molecular weight excluding hydrogens is 254 g/mol. The molecule has 0 aliphatic carbocycles. The summed E-state index contributed by atoms with van der Waals surface area (Å²) in [5.74, 6) is 0.498. The second kappa shape index (κ2) is 5.71. The van der Waals surface area contributed by atoms with Gasteiger partial charge in [0.25, 0.3) is 0 Å². The van der Waals surface area contributed by atoms with E-state index in [1.54, 1.807) is 17.4 Å². The van der Waals surface area contributed by atoms with Gasteiger partial charge in [-0.05, 0) is 37.5 Å². The number of aromatic nitrogens is 1. The minimum Gasteiger partial charge on any atom is -0.381 e. The van der Waals surface area contributed by atoms with Crippen LogP contribution in [-0.2, 0) is 9.53 Å². The Morgan fingerprint density at radius 3 is 2.70 bits per heavy atom. The van der Waals surface area contributed by atoms with Gasteiger partial charge in [0.05, 0.1) is 18.2 Å². The molecule has 1 amide bonds. The summed E-state index contributed by atoms with van der Waals surface area (Å²) in [7, 11) is 0. The lowest BCUT2D eigenvalue weighted by molar-refractivity contribution is -0.130. The Morgan fingerprint density at radius 2 is 2.00 bits per heavy atom. The summed E-state index contributed by atoms with van der Waals surface area (Å²) in [5.41, 5.74) is 2.09. The van der Waals surface area contributed by atoms with Crippen LogP contribution in [0, 0.1) is 5.92 Å². The standard InChI is InChI=1S/C15H19N3O2/c1-11(12-2-6-16-7-3-12)18-15(19)10-14(17-18)13-4-8-20-9-5-13/h2-3,6-7,11,13H,4-5,8-10H2,1H3. The fourth-order valence-corrected chi connectivity index (χ4v) is 2.81. The number of carbonyl (C=O) groups is 1. The lowest BCUT2D eigenvalue weighted by atomic mass is 9.93. The van der Waals surface area contributed by atoms with Crippen molar-refractivity contribution in [3.63, 3.8) is 0 Å². The second-order valence-electron chi connectivity index (χ2n) is 5.35. The van der Waals surface area contributed by atoms with E-state index in [-0.39, 0.29) is 11.9 Å². The molecular formula is C15H19N3O2. The van der Waals surface area contributed by atoms with Gasteiger partial charge in [-0.1, -0.05) is 0 Å². The molecule has 0 N–H and O–H groups in total. The molecule has 5 nitrogen and oxygen atoms in total. The van der Waals surface area contributed by atoms with Crippen LogP contribution < -0.4 is 0 Å². The van der Waals surface area contributed by atoms with Crippen molar-refractivity contribution in [2.45, 2.75) is 32.2 Å². The summed E-state index contributed by atoms with van der Waals surface area (Å²) >= 11 is 0. The van der Waals surface area contributed by atoms with E-state index in [4.69, 9.17) is 4.74 Å².